The lowest BCUT2D eigenvalue weighted by molar-refractivity contribution is -0.133. The van der Waals surface area contributed by atoms with Gasteiger partial charge >= 0.3 is 0 Å². The van der Waals surface area contributed by atoms with E-state index in [-0.39, 0.29) is 17.6 Å². The van der Waals surface area contributed by atoms with E-state index in [4.69, 9.17) is 6.42 Å². The van der Waals surface area contributed by atoms with Crippen molar-refractivity contribution in [1.82, 2.24) is 9.80 Å². The van der Waals surface area contributed by atoms with Crippen molar-refractivity contribution in [1.29, 1.82) is 0 Å². The molecule has 1 fully saturated rings. The van der Waals surface area contributed by atoms with Gasteiger partial charge in [-0.3, -0.25) is 14.5 Å². The Morgan fingerprint density at radius 3 is 2.32 bits per heavy atom. The molecular formula is C15H24N2O2. The SMILES string of the molecule is C#CCN1CCN(C(=O)CCCC(=O)C(C)C)CC1. The first-order valence-electron chi connectivity index (χ1n) is 7.01. The van der Waals surface area contributed by atoms with Crippen LogP contribution in [0.1, 0.15) is 33.1 Å². The third kappa shape index (κ3) is 5.44. The molecule has 106 valence electrons. The summed E-state index contributed by atoms with van der Waals surface area (Å²) in [5.41, 5.74) is 0. The Bertz CT molecular complexity index is 350. The van der Waals surface area contributed by atoms with Gasteiger partial charge in [-0.2, -0.15) is 0 Å². The van der Waals surface area contributed by atoms with Crippen LogP contribution in [0.4, 0.5) is 0 Å². The zero-order valence-electron chi connectivity index (χ0n) is 12.0. The van der Waals surface area contributed by atoms with Gasteiger partial charge in [-0.25, -0.2) is 0 Å². The number of carbonyl (C=O) groups excluding carboxylic acids is 2. The molecule has 4 heteroatoms. The number of nitrogens with zero attached hydrogens (tertiary/aromatic N) is 2. The molecule has 0 bridgehead atoms. The Labute approximate surface area is 116 Å². The van der Waals surface area contributed by atoms with Crippen molar-refractivity contribution >= 4 is 11.7 Å². The lowest BCUT2D eigenvalue weighted by Gasteiger charge is -2.33. The number of rotatable bonds is 6. The van der Waals surface area contributed by atoms with Gasteiger partial charge in [0.25, 0.3) is 0 Å². The van der Waals surface area contributed by atoms with E-state index in [2.05, 4.69) is 10.8 Å². The van der Waals surface area contributed by atoms with Gasteiger partial charge in [0.2, 0.25) is 5.91 Å². The average Bonchev–Trinajstić information content (AvgIpc) is 2.39. The fraction of sp³-hybridized carbons (Fsp3) is 0.733. The minimum atomic E-state index is 0.0717. The van der Waals surface area contributed by atoms with E-state index in [1.54, 1.807) is 0 Å². The van der Waals surface area contributed by atoms with Gasteiger partial charge in [-0.15, -0.1) is 6.42 Å². The van der Waals surface area contributed by atoms with Gasteiger partial charge in [0.15, 0.2) is 0 Å². The molecule has 0 atom stereocenters. The van der Waals surface area contributed by atoms with Gasteiger partial charge in [0, 0.05) is 44.9 Å². The van der Waals surface area contributed by atoms with E-state index in [1.165, 1.54) is 0 Å². The van der Waals surface area contributed by atoms with Crippen LogP contribution < -0.4 is 0 Å². The van der Waals surface area contributed by atoms with Crippen molar-refractivity contribution < 1.29 is 9.59 Å². The molecular weight excluding hydrogens is 240 g/mol. The Balaban J connectivity index is 2.21. The van der Waals surface area contributed by atoms with E-state index in [0.717, 1.165) is 26.2 Å². The molecule has 0 aromatic rings. The van der Waals surface area contributed by atoms with Crippen LogP contribution in [0.3, 0.4) is 0 Å². The highest BCUT2D eigenvalue weighted by Crippen LogP contribution is 2.08. The monoisotopic (exact) mass is 264 g/mol. The molecule has 0 N–H and O–H groups in total. The maximum absolute atomic E-state index is 12.0. The molecule has 4 nitrogen and oxygen atoms in total. The molecule has 0 unspecified atom stereocenters. The number of piperazine rings is 1. The molecule has 0 saturated carbocycles. The normalized spacial score (nSPS) is 16.4. The van der Waals surface area contributed by atoms with E-state index in [9.17, 15) is 9.59 Å². The van der Waals surface area contributed by atoms with Gasteiger partial charge < -0.3 is 4.90 Å². The third-order valence-electron chi connectivity index (χ3n) is 3.50. The fourth-order valence-electron chi connectivity index (χ4n) is 2.15. The van der Waals surface area contributed by atoms with Crippen LogP contribution in [-0.4, -0.2) is 54.2 Å². The predicted molar refractivity (Wildman–Crippen MR) is 75.5 cm³/mol. The standard InChI is InChI=1S/C15H24N2O2/c1-4-8-16-9-11-17(12-10-16)15(19)7-5-6-14(18)13(2)3/h1,13H,5-12H2,2-3H3. The summed E-state index contributed by atoms with van der Waals surface area (Å²) >= 11 is 0. The van der Waals surface area contributed by atoms with E-state index < -0.39 is 0 Å². The number of Topliss-reactive ketones (excluding diaryl/α,β-unsaturated/α-hetero) is 1. The molecule has 0 aromatic carbocycles. The van der Waals surface area contributed by atoms with Crippen molar-refractivity contribution in [3.63, 3.8) is 0 Å². The summed E-state index contributed by atoms with van der Waals surface area (Å²) in [5, 5.41) is 0. The summed E-state index contributed by atoms with van der Waals surface area (Å²) < 4.78 is 0. The van der Waals surface area contributed by atoms with Gasteiger partial charge in [-0.1, -0.05) is 19.8 Å². The first-order chi connectivity index (χ1) is 9.04. The second kappa shape index (κ2) is 7.96. The first-order valence-corrected chi connectivity index (χ1v) is 7.01. The Morgan fingerprint density at radius 1 is 1.16 bits per heavy atom. The van der Waals surface area contributed by atoms with Crippen molar-refractivity contribution in [3.05, 3.63) is 0 Å². The maximum Gasteiger partial charge on any atom is 0.222 e. The van der Waals surface area contributed by atoms with Crippen LogP contribution in [-0.2, 0) is 9.59 Å². The Morgan fingerprint density at radius 2 is 1.79 bits per heavy atom. The van der Waals surface area contributed by atoms with Crippen molar-refractivity contribution in [2.45, 2.75) is 33.1 Å². The molecule has 1 saturated heterocycles. The largest absolute Gasteiger partial charge is 0.340 e. The average molecular weight is 264 g/mol. The highest BCUT2D eigenvalue weighted by Gasteiger charge is 2.20. The predicted octanol–water partition coefficient (Wildman–Crippen LogP) is 1.16. The van der Waals surface area contributed by atoms with E-state index >= 15 is 0 Å². The Kier molecular flexibility index (Phi) is 6.58. The molecule has 0 radical (unpaired) electrons. The second-order valence-corrected chi connectivity index (χ2v) is 5.34. The maximum atomic E-state index is 12.0. The summed E-state index contributed by atoms with van der Waals surface area (Å²) in [7, 11) is 0. The summed E-state index contributed by atoms with van der Waals surface area (Å²) in [6.45, 7) is 7.65. The zero-order valence-corrected chi connectivity index (χ0v) is 12.0. The van der Waals surface area contributed by atoms with Crippen molar-refractivity contribution in [3.8, 4) is 12.3 Å². The molecule has 0 aliphatic carbocycles. The molecule has 1 aliphatic rings. The lowest BCUT2D eigenvalue weighted by atomic mass is 10.0. The van der Waals surface area contributed by atoms with Crippen LogP contribution in [0, 0.1) is 18.3 Å². The number of ketones is 1. The molecule has 0 spiro atoms. The quantitative estimate of drug-likeness (QED) is 0.676. The number of amides is 1. The van der Waals surface area contributed by atoms with Crippen LogP contribution in [0.15, 0.2) is 0 Å². The van der Waals surface area contributed by atoms with Gasteiger partial charge in [0.1, 0.15) is 5.78 Å². The third-order valence-corrected chi connectivity index (χ3v) is 3.50. The van der Waals surface area contributed by atoms with Gasteiger partial charge in [0.05, 0.1) is 6.54 Å². The summed E-state index contributed by atoms with van der Waals surface area (Å²) in [6, 6.07) is 0. The van der Waals surface area contributed by atoms with Crippen LogP contribution >= 0.6 is 0 Å². The summed E-state index contributed by atoms with van der Waals surface area (Å²) in [6.07, 6.45) is 6.93. The van der Waals surface area contributed by atoms with Crippen LogP contribution in [0.5, 0.6) is 0 Å². The Hall–Kier alpha value is -1.34. The zero-order chi connectivity index (χ0) is 14.3. The van der Waals surface area contributed by atoms with Crippen LogP contribution in [0.25, 0.3) is 0 Å². The smallest absolute Gasteiger partial charge is 0.222 e. The highest BCUT2D eigenvalue weighted by molar-refractivity contribution is 5.81. The number of hydrogen-bond donors (Lipinski definition) is 0. The molecule has 19 heavy (non-hydrogen) atoms. The summed E-state index contributed by atoms with van der Waals surface area (Å²) in [4.78, 5) is 27.5. The number of carbonyl (C=O) groups is 2. The van der Waals surface area contributed by atoms with Gasteiger partial charge in [-0.05, 0) is 6.42 Å². The van der Waals surface area contributed by atoms with E-state index in [1.807, 2.05) is 18.7 Å². The minimum absolute atomic E-state index is 0.0717. The fourth-order valence-corrected chi connectivity index (χ4v) is 2.15. The number of terminal acetylenes is 1. The summed E-state index contributed by atoms with van der Waals surface area (Å²) in [5.74, 6) is 3.10. The van der Waals surface area contributed by atoms with Crippen molar-refractivity contribution in [2.24, 2.45) is 5.92 Å². The lowest BCUT2D eigenvalue weighted by Crippen LogP contribution is -2.48. The van der Waals surface area contributed by atoms with E-state index in [0.29, 0.717) is 25.8 Å². The number of hydrogen-bond acceptors (Lipinski definition) is 3. The minimum Gasteiger partial charge on any atom is -0.340 e. The van der Waals surface area contributed by atoms with Crippen molar-refractivity contribution in [2.75, 3.05) is 32.7 Å². The van der Waals surface area contributed by atoms with Crippen LogP contribution in [0.2, 0.25) is 0 Å². The first kappa shape index (κ1) is 15.7. The highest BCUT2D eigenvalue weighted by atomic mass is 16.2. The topological polar surface area (TPSA) is 40.6 Å². The molecule has 0 aromatic heterocycles. The molecule has 1 heterocycles. The molecule has 1 amide bonds. The molecule has 1 aliphatic heterocycles. The second-order valence-electron chi connectivity index (χ2n) is 5.34. The molecule has 1 rings (SSSR count).